The first kappa shape index (κ1) is 23.4. The van der Waals surface area contributed by atoms with Crippen molar-refractivity contribution in [2.45, 2.75) is 37.8 Å². The molecule has 0 radical (unpaired) electrons. The van der Waals surface area contributed by atoms with Gasteiger partial charge in [0.1, 0.15) is 6.61 Å². The van der Waals surface area contributed by atoms with Crippen LogP contribution in [0.3, 0.4) is 0 Å². The molecule has 2 aromatic carbocycles. The van der Waals surface area contributed by atoms with E-state index in [2.05, 4.69) is 29.6 Å². The second kappa shape index (κ2) is 9.70. The Morgan fingerprint density at radius 1 is 1.06 bits per heavy atom. The number of nitrogens with one attached hydrogen (secondary N) is 1. The lowest BCUT2D eigenvalue weighted by Crippen LogP contribution is -2.49. The highest BCUT2D eigenvalue weighted by Crippen LogP contribution is 2.44. The van der Waals surface area contributed by atoms with Crippen molar-refractivity contribution in [3.63, 3.8) is 0 Å². The first-order chi connectivity index (χ1) is 16.9. The number of carboxylic acid groups (broad SMARTS) is 1. The van der Waals surface area contributed by atoms with Crippen LogP contribution < -0.4 is 5.32 Å². The first-order valence-electron chi connectivity index (χ1n) is 12.2. The number of likely N-dealkylation sites (tertiary alicyclic amines) is 1. The summed E-state index contributed by atoms with van der Waals surface area (Å²) in [6.07, 6.45) is -0.801. The third kappa shape index (κ3) is 4.62. The molecule has 4 unspecified atom stereocenters. The SMILES string of the molecule is CC1CN(C(=O)C2OCCC2NC(=O)OCC2c3ccccc3-c3ccccc32)CC1CC(=O)O. The molecule has 5 rings (SSSR count). The van der Waals surface area contributed by atoms with Crippen LogP contribution in [0, 0.1) is 11.8 Å². The van der Waals surface area contributed by atoms with Gasteiger partial charge in [-0.3, -0.25) is 9.59 Å². The van der Waals surface area contributed by atoms with Crippen molar-refractivity contribution in [2.75, 3.05) is 26.3 Å². The summed E-state index contributed by atoms with van der Waals surface area (Å²) in [5.41, 5.74) is 4.59. The lowest BCUT2D eigenvalue weighted by atomic mass is 9.95. The van der Waals surface area contributed by atoms with Crippen molar-refractivity contribution in [3.8, 4) is 11.1 Å². The van der Waals surface area contributed by atoms with Gasteiger partial charge in [-0.1, -0.05) is 55.5 Å². The minimum atomic E-state index is -0.858. The number of alkyl carbamates (subject to hydrolysis) is 1. The molecule has 2 aliphatic heterocycles. The van der Waals surface area contributed by atoms with Crippen molar-refractivity contribution in [3.05, 3.63) is 59.7 Å². The number of nitrogens with zero attached hydrogens (tertiary/aromatic N) is 1. The Bertz CT molecular complexity index is 1090. The van der Waals surface area contributed by atoms with Gasteiger partial charge in [0.2, 0.25) is 0 Å². The lowest BCUT2D eigenvalue weighted by molar-refractivity contribution is -0.142. The maximum Gasteiger partial charge on any atom is 0.407 e. The number of carbonyl (C=O) groups is 3. The average Bonchev–Trinajstić information content (AvgIpc) is 3.53. The highest BCUT2D eigenvalue weighted by atomic mass is 16.6. The van der Waals surface area contributed by atoms with E-state index in [1.165, 1.54) is 0 Å². The van der Waals surface area contributed by atoms with E-state index in [1.807, 2.05) is 31.2 Å². The van der Waals surface area contributed by atoms with E-state index in [4.69, 9.17) is 14.6 Å². The Labute approximate surface area is 204 Å². The summed E-state index contributed by atoms with van der Waals surface area (Å²) in [7, 11) is 0. The van der Waals surface area contributed by atoms with Crippen LogP contribution in [0.5, 0.6) is 0 Å². The Hall–Kier alpha value is -3.39. The predicted octanol–water partition coefficient (Wildman–Crippen LogP) is 3.25. The van der Waals surface area contributed by atoms with Crippen molar-refractivity contribution in [1.29, 1.82) is 0 Å². The van der Waals surface area contributed by atoms with Crippen LogP contribution in [0.2, 0.25) is 0 Å². The van der Waals surface area contributed by atoms with E-state index >= 15 is 0 Å². The number of benzene rings is 2. The minimum absolute atomic E-state index is 0.0392. The number of aliphatic carboxylic acids is 1. The van der Waals surface area contributed by atoms with Crippen LogP contribution in [0.1, 0.15) is 36.8 Å². The van der Waals surface area contributed by atoms with Gasteiger partial charge in [0.15, 0.2) is 6.10 Å². The predicted molar refractivity (Wildman–Crippen MR) is 128 cm³/mol. The number of rotatable bonds is 6. The molecule has 0 aromatic heterocycles. The van der Waals surface area contributed by atoms with E-state index in [0.29, 0.717) is 26.1 Å². The molecule has 0 bridgehead atoms. The second-order valence-electron chi connectivity index (χ2n) is 9.73. The summed E-state index contributed by atoms with van der Waals surface area (Å²) in [6, 6.07) is 15.8. The molecule has 0 spiro atoms. The van der Waals surface area contributed by atoms with Crippen molar-refractivity contribution >= 4 is 18.0 Å². The molecule has 184 valence electrons. The molecule has 1 aliphatic carbocycles. The molecular weight excluding hydrogens is 448 g/mol. The van der Waals surface area contributed by atoms with Crippen LogP contribution in [0.4, 0.5) is 4.79 Å². The lowest BCUT2D eigenvalue weighted by Gasteiger charge is -2.25. The number of carboxylic acids is 1. The first-order valence-corrected chi connectivity index (χ1v) is 12.2. The summed E-state index contributed by atoms with van der Waals surface area (Å²) in [5.74, 6) is -1.08. The van der Waals surface area contributed by atoms with Gasteiger partial charge < -0.3 is 24.8 Å². The normalized spacial score (nSPS) is 25.2. The topological polar surface area (TPSA) is 105 Å². The van der Waals surface area contributed by atoms with E-state index in [1.54, 1.807) is 4.90 Å². The van der Waals surface area contributed by atoms with Crippen molar-refractivity contribution < 1.29 is 29.0 Å². The van der Waals surface area contributed by atoms with E-state index in [0.717, 1.165) is 22.3 Å². The van der Waals surface area contributed by atoms with E-state index < -0.39 is 24.2 Å². The van der Waals surface area contributed by atoms with Crippen LogP contribution in [-0.4, -0.2) is 66.4 Å². The van der Waals surface area contributed by atoms with Crippen molar-refractivity contribution in [2.24, 2.45) is 11.8 Å². The number of amides is 2. The molecule has 2 heterocycles. The van der Waals surface area contributed by atoms with E-state index in [-0.39, 0.29) is 36.7 Å². The van der Waals surface area contributed by atoms with Gasteiger partial charge >= 0.3 is 12.1 Å². The largest absolute Gasteiger partial charge is 0.481 e. The van der Waals surface area contributed by atoms with Crippen LogP contribution >= 0.6 is 0 Å². The van der Waals surface area contributed by atoms with Gasteiger partial charge in [0, 0.05) is 25.6 Å². The highest BCUT2D eigenvalue weighted by molar-refractivity contribution is 5.83. The fourth-order valence-corrected chi connectivity index (χ4v) is 5.66. The molecule has 2 fully saturated rings. The average molecular weight is 479 g/mol. The van der Waals surface area contributed by atoms with Crippen LogP contribution in [-0.2, 0) is 19.1 Å². The molecule has 3 aliphatic rings. The van der Waals surface area contributed by atoms with Crippen molar-refractivity contribution in [1.82, 2.24) is 10.2 Å². The van der Waals surface area contributed by atoms with E-state index in [9.17, 15) is 14.4 Å². The number of carbonyl (C=O) groups excluding carboxylic acids is 2. The Balaban J connectivity index is 1.19. The van der Waals surface area contributed by atoms with Gasteiger partial charge in [0.25, 0.3) is 5.91 Å². The molecule has 8 nitrogen and oxygen atoms in total. The fourth-order valence-electron chi connectivity index (χ4n) is 5.66. The Morgan fingerprint density at radius 3 is 2.37 bits per heavy atom. The van der Waals surface area contributed by atoms with Gasteiger partial charge in [-0.15, -0.1) is 0 Å². The summed E-state index contributed by atoms with van der Waals surface area (Å²) in [5, 5.41) is 11.9. The highest BCUT2D eigenvalue weighted by Gasteiger charge is 2.42. The zero-order valence-electron chi connectivity index (χ0n) is 19.7. The number of fused-ring (bicyclic) bond motifs is 3. The second-order valence-corrected chi connectivity index (χ2v) is 9.73. The zero-order valence-corrected chi connectivity index (χ0v) is 19.7. The van der Waals surface area contributed by atoms with Gasteiger partial charge in [0.05, 0.1) is 12.5 Å². The molecule has 0 saturated carbocycles. The molecule has 35 heavy (non-hydrogen) atoms. The molecule has 2 aromatic rings. The molecule has 2 N–H and O–H groups in total. The van der Waals surface area contributed by atoms with Crippen LogP contribution in [0.15, 0.2) is 48.5 Å². The molecule has 2 saturated heterocycles. The minimum Gasteiger partial charge on any atom is -0.481 e. The third-order valence-electron chi connectivity index (χ3n) is 7.50. The summed E-state index contributed by atoms with van der Waals surface area (Å²) in [4.78, 5) is 38.6. The Kier molecular flexibility index (Phi) is 6.47. The summed E-state index contributed by atoms with van der Waals surface area (Å²) < 4.78 is 11.3. The molecule has 2 amide bonds. The fraction of sp³-hybridized carbons (Fsp3) is 0.444. The zero-order chi connectivity index (χ0) is 24.5. The smallest absolute Gasteiger partial charge is 0.407 e. The van der Waals surface area contributed by atoms with Gasteiger partial charge in [-0.25, -0.2) is 4.79 Å². The maximum atomic E-state index is 13.1. The monoisotopic (exact) mass is 478 g/mol. The van der Waals surface area contributed by atoms with Gasteiger partial charge in [-0.05, 0) is 40.5 Å². The number of hydrogen-bond acceptors (Lipinski definition) is 5. The molecular formula is C27H30N2O6. The molecule has 8 heteroatoms. The summed E-state index contributed by atoms with van der Waals surface area (Å²) >= 11 is 0. The van der Waals surface area contributed by atoms with Gasteiger partial charge in [-0.2, -0.15) is 0 Å². The third-order valence-corrected chi connectivity index (χ3v) is 7.50. The number of hydrogen-bond donors (Lipinski definition) is 2. The number of ether oxygens (including phenoxy) is 2. The standard InChI is InChI=1S/C27H30N2O6/c1-16-13-29(14-17(16)12-24(30)31)26(32)25-23(10-11-34-25)28-27(33)35-15-22-20-8-4-2-6-18(20)19-7-3-5-9-21(19)22/h2-9,16-17,22-23,25H,10-15H2,1H3,(H,28,33)(H,30,31). The quantitative estimate of drug-likeness (QED) is 0.660. The molecule has 4 atom stereocenters. The van der Waals surface area contributed by atoms with Crippen LogP contribution in [0.25, 0.3) is 11.1 Å². The Morgan fingerprint density at radius 2 is 1.71 bits per heavy atom. The maximum absolute atomic E-state index is 13.1. The summed E-state index contributed by atoms with van der Waals surface area (Å²) in [6.45, 7) is 3.42.